The van der Waals surface area contributed by atoms with Crippen molar-refractivity contribution in [2.24, 2.45) is 5.73 Å². The largest absolute Gasteiger partial charge is 0.495 e. The minimum Gasteiger partial charge on any atom is -0.495 e. The van der Waals surface area contributed by atoms with Crippen LogP contribution in [-0.2, 0) is 49.4 Å². The lowest BCUT2D eigenvalue weighted by Crippen LogP contribution is -2.56. The summed E-state index contributed by atoms with van der Waals surface area (Å²) in [4.78, 5) is 112. The highest BCUT2D eigenvalue weighted by Gasteiger charge is 2.45. The minimum atomic E-state index is -1.37. The summed E-state index contributed by atoms with van der Waals surface area (Å²) in [5.74, 6) is -5.30. The number of allylic oxidation sites excluding steroid dienone is 3. The molecule has 3 aliphatic rings. The van der Waals surface area contributed by atoms with E-state index in [1.54, 1.807) is 26.0 Å². The average molecular weight is 1300 g/mol. The fourth-order valence-corrected chi connectivity index (χ4v) is 9.32. The number of rotatable bonds is 21. The molecule has 2 saturated heterocycles. The van der Waals surface area contributed by atoms with Crippen molar-refractivity contribution in [2.45, 2.75) is 160 Å². The Hall–Kier alpha value is -6.80. The lowest BCUT2D eigenvalue weighted by atomic mass is 9.96. The number of ether oxygens (including phenoxy) is 4. The Balaban J connectivity index is 0.000000445. The molecule has 4 bridgehead atoms. The zero-order valence-corrected chi connectivity index (χ0v) is 52.3. The molecule has 27 heteroatoms. The molecule has 0 spiro atoms. The van der Waals surface area contributed by atoms with Crippen LogP contribution in [0.1, 0.15) is 128 Å². The van der Waals surface area contributed by atoms with E-state index in [9.17, 15) is 52.6 Å². The molecule has 0 saturated carbocycles. The number of aliphatic carboxylic acids is 1. The molecule has 85 heavy (non-hydrogen) atoms. The lowest BCUT2D eigenvalue weighted by Gasteiger charge is -2.36. The van der Waals surface area contributed by atoms with E-state index in [-0.39, 0.29) is 73.5 Å². The highest BCUT2D eigenvalue weighted by atomic mass is 79.9. The number of urea groups is 1. The van der Waals surface area contributed by atoms with Crippen LogP contribution in [0, 0.1) is 5.82 Å². The number of carbonyl (C=O) groups is 9. The van der Waals surface area contributed by atoms with Gasteiger partial charge in [0.1, 0.15) is 40.5 Å². The summed E-state index contributed by atoms with van der Waals surface area (Å²) in [7, 11) is 4.47. The molecular formula is C58H80BrCl2FN8O15. The molecule has 5 unspecified atom stereocenters. The van der Waals surface area contributed by atoms with E-state index in [4.69, 9.17) is 53.0 Å². The Bertz CT molecular complexity index is 2790. The van der Waals surface area contributed by atoms with Crippen LogP contribution in [0.4, 0.5) is 25.4 Å². The van der Waals surface area contributed by atoms with Crippen LogP contribution in [0.15, 0.2) is 60.2 Å². The maximum absolute atomic E-state index is 15.0. The first-order valence-corrected chi connectivity index (χ1v) is 29.6. The third-order valence-corrected chi connectivity index (χ3v) is 14.8. The van der Waals surface area contributed by atoms with E-state index in [1.807, 2.05) is 37.3 Å². The number of halogens is 4. The number of nitrogens with two attached hydrogens (primary N) is 1. The van der Waals surface area contributed by atoms with Gasteiger partial charge in [-0.3, -0.25) is 29.3 Å². The molecule has 0 aliphatic carbocycles. The molecule has 2 fully saturated rings. The van der Waals surface area contributed by atoms with E-state index in [2.05, 4.69) is 62.9 Å². The van der Waals surface area contributed by atoms with Gasteiger partial charge in [0.05, 0.1) is 53.9 Å². The average Bonchev–Trinajstić information content (AvgIpc) is 3.93. The number of benzene rings is 2. The van der Waals surface area contributed by atoms with Crippen LogP contribution in [0.5, 0.6) is 5.75 Å². The SMILES string of the molecule is C=C(CBr)C(=O)OC(C)CCCCC(=O)NCC(=O)NC(CCCNC(N)=O)C(=O)Nc1cc(Cl)c(C(=O)N(C)[C@@H](C)C(=O)O)cc1F.CCC.COc1cc2cc(c1Cl)N(C)C(=O)CCC1OC1CC1C[C@](O)(C/C=C/C=C(\C)C2)NC(=O)O1. The van der Waals surface area contributed by atoms with Gasteiger partial charge >= 0.3 is 24.1 Å². The highest BCUT2D eigenvalue weighted by molar-refractivity contribution is 9.09. The van der Waals surface area contributed by atoms with E-state index in [0.717, 1.165) is 28.2 Å². The van der Waals surface area contributed by atoms with Gasteiger partial charge in [0.2, 0.25) is 23.6 Å². The number of aliphatic hydroxyl groups is 1. The van der Waals surface area contributed by atoms with Crippen molar-refractivity contribution >= 4 is 104 Å². The molecular weight excluding hydrogens is 1220 g/mol. The molecule has 9 N–H and O–H groups in total. The van der Waals surface area contributed by atoms with Crippen molar-refractivity contribution in [2.75, 3.05) is 49.8 Å². The second-order valence-corrected chi connectivity index (χ2v) is 22.1. The van der Waals surface area contributed by atoms with Crippen LogP contribution in [0.3, 0.4) is 0 Å². The zero-order chi connectivity index (χ0) is 63.7. The third-order valence-electron chi connectivity index (χ3n) is 13.4. The molecule has 3 heterocycles. The Morgan fingerprint density at radius 2 is 1.73 bits per heavy atom. The molecule has 3 aliphatic heterocycles. The summed E-state index contributed by atoms with van der Waals surface area (Å²) >= 11 is 15.8. The van der Waals surface area contributed by atoms with Crippen LogP contribution in [-0.4, -0.2) is 151 Å². The summed E-state index contributed by atoms with van der Waals surface area (Å²) in [6.45, 7) is 12.4. The minimum absolute atomic E-state index is 0.0265. The molecule has 0 radical (unpaired) electrons. The number of esters is 1. The van der Waals surface area contributed by atoms with E-state index in [0.29, 0.717) is 72.3 Å². The Morgan fingerprint density at radius 1 is 1.04 bits per heavy atom. The number of carboxylic acids is 1. The fraction of sp³-hybridized carbons (Fsp3) is 0.534. The van der Waals surface area contributed by atoms with Crippen molar-refractivity contribution in [1.82, 2.24) is 26.2 Å². The Kier molecular flexibility index (Phi) is 30.4. The van der Waals surface area contributed by atoms with Crippen molar-refractivity contribution in [3.05, 3.63) is 87.2 Å². The number of nitrogens with zero attached hydrogens (tertiary/aromatic N) is 2. The van der Waals surface area contributed by atoms with E-state index >= 15 is 0 Å². The van der Waals surface area contributed by atoms with Gasteiger partial charge < -0.3 is 66.0 Å². The standard InChI is InChI=1S/C30H41BrClFN6O9.C25H31ClN2O6.C3H8/c1-16(14-31)29(46)48-17(2)8-5-6-10-24(40)36-15-25(41)37-22(9-7-11-35-30(34)47)26(42)38-23-13-20(32)19(12-21(23)33)27(43)39(4)18(3)28(44)45;1-15-6-4-5-9-25(31)14-17(33-24(30)27-25)13-20-19(34-20)7-8-22(29)28(2)18-11-16(10-15)12-21(32-3)23(18)26;1-3-2/h12-13,17-18,22H,1,5-11,14-15H2,2-4H3,(H,36,40)(H,37,41)(H,38,42)(H,44,45)(H3,34,35,47);4-6,11-12,17,19-20,31H,7-10,13-14H2,1-3H3,(H,27,30);3H2,1-2H3/b;5-4+,15-6+;/t17?,18-,22?;17?,19?,20?,25-;/m01./s1. The topological polar surface area (TPSA) is 327 Å². The number of alkyl halides is 1. The number of hydrogen-bond donors (Lipinski definition) is 8. The number of unbranched alkanes of at least 4 members (excludes halogenated alkanes) is 1. The van der Waals surface area contributed by atoms with Crippen LogP contribution in [0.2, 0.25) is 10.0 Å². The normalized spacial score (nSPS) is 20.3. The number of alkyl carbamates (subject to hydrolysis) is 1. The van der Waals surface area contributed by atoms with Gasteiger partial charge in [-0.1, -0.05) is 89.8 Å². The number of anilines is 2. The molecule has 2 aromatic carbocycles. The predicted octanol–water partition coefficient (Wildman–Crippen LogP) is 7.76. The number of methoxy groups -OCH3 is 1. The number of likely N-dealkylation sites (N-methyl/N-ethyl adjacent to an activating group) is 1. The lowest BCUT2D eigenvalue weighted by molar-refractivity contribution is -0.144. The quantitative estimate of drug-likeness (QED) is 0.0195. The predicted molar refractivity (Wildman–Crippen MR) is 322 cm³/mol. The number of fused-ring (bicyclic) bond motifs is 5. The van der Waals surface area contributed by atoms with Crippen molar-refractivity contribution in [3.63, 3.8) is 0 Å². The molecule has 23 nitrogen and oxygen atoms in total. The first kappa shape index (κ1) is 72.5. The molecule has 0 aromatic heterocycles. The highest BCUT2D eigenvalue weighted by Crippen LogP contribution is 2.38. The first-order chi connectivity index (χ1) is 40.1. The van der Waals surface area contributed by atoms with Gasteiger partial charge in [-0.15, -0.1) is 0 Å². The summed E-state index contributed by atoms with van der Waals surface area (Å²) in [6.07, 6.45) is 9.53. The Labute approximate surface area is 513 Å². The van der Waals surface area contributed by atoms with Gasteiger partial charge in [-0.2, -0.15) is 0 Å². The fourth-order valence-electron chi connectivity index (χ4n) is 8.54. The smallest absolute Gasteiger partial charge is 0.409 e. The number of carbonyl (C=O) groups excluding carboxylic acids is 8. The van der Waals surface area contributed by atoms with Crippen molar-refractivity contribution < 1.29 is 76.7 Å². The maximum atomic E-state index is 15.0. The summed E-state index contributed by atoms with van der Waals surface area (Å²) < 4.78 is 36.8. The second-order valence-electron chi connectivity index (χ2n) is 20.7. The van der Waals surface area contributed by atoms with Gasteiger partial charge in [-0.05, 0) is 95.5 Å². The van der Waals surface area contributed by atoms with Crippen LogP contribution < -0.4 is 42.0 Å². The van der Waals surface area contributed by atoms with Gasteiger partial charge in [-0.25, -0.2) is 23.6 Å². The number of epoxide rings is 1. The third kappa shape index (κ3) is 24.6. The number of nitrogens with one attached hydrogen (secondary N) is 5. The van der Waals surface area contributed by atoms with E-state index in [1.165, 1.54) is 20.4 Å². The van der Waals surface area contributed by atoms with Gasteiger partial charge in [0, 0.05) is 63.6 Å². The summed E-state index contributed by atoms with van der Waals surface area (Å²) in [6, 6.07) is 2.22. The Morgan fingerprint density at radius 3 is 2.38 bits per heavy atom. The molecule has 8 amide bonds. The first-order valence-electron chi connectivity index (χ1n) is 27.7. The zero-order valence-electron chi connectivity index (χ0n) is 49.2. The van der Waals surface area contributed by atoms with E-state index < -0.39 is 89.7 Å². The van der Waals surface area contributed by atoms with Crippen molar-refractivity contribution in [1.29, 1.82) is 0 Å². The van der Waals surface area contributed by atoms with Crippen LogP contribution in [0.25, 0.3) is 0 Å². The van der Waals surface area contributed by atoms with Gasteiger partial charge in [0.15, 0.2) is 0 Å². The molecule has 7 atom stereocenters. The summed E-state index contributed by atoms with van der Waals surface area (Å²) in [5, 5.41) is 32.6. The van der Waals surface area contributed by atoms with Crippen LogP contribution >= 0.6 is 39.1 Å². The maximum Gasteiger partial charge on any atom is 0.409 e. The number of carboxylic acid groups (broad SMARTS) is 1. The second kappa shape index (κ2) is 35.6. The van der Waals surface area contributed by atoms with Gasteiger partial charge in [0.25, 0.3) is 5.91 Å². The molecule has 5 rings (SSSR count). The molecule has 2 aromatic rings. The molecule has 470 valence electrons. The summed E-state index contributed by atoms with van der Waals surface area (Å²) in [5.41, 5.74) is 5.84. The number of primary amides is 1. The number of amides is 8. The number of hydrogen-bond acceptors (Lipinski definition) is 14. The van der Waals surface area contributed by atoms with Crippen molar-refractivity contribution in [3.8, 4) is 5.75 Å². The monoisotopic (exact) mass is 1300 g/mol.